The molecule has 0 bridgehead atoms. The van der Waals surface area contributed by atoms with Crippen molar-refractivity contribution < 1.29 is 28.7 Å². The van der Waals surface area contributed by atoms with Gasteiger partial charge in [0.2, 0.25) is 11.8 Å². The van der Waals surface area contributed by atoms with Crippen LogP contribution in [0.1, 0.15) is 39.5 Å². The van der Waals surface area contributed by atoms with Crippen molar-refractivity contribution in [1.29, 1.82) is 0 Å². The second-order valence-electron chi connectivity index (χ2n) is 10.3. The van der Waals surface area contributed by atoms with E-state index in [1.165, 1.54) is 33.3 Å². The van der Waals surface area contributed by atoms with Gasteiger partial charge < -0.3 is 30.7 Å². The van der Waals surface area contributed by atoms with E-state index in [2.05, 4.69) is 0 Å². The summed E-state index contributed by atoms with van der Waals surface area (Å²) < 4.78 is 10.1. The number of carbonyl (C=O) groups is 4. The van der Waals surface area contributed by atoms with Crippen molar-refractivity contribution in [3.05, 3.63) is 34.9 Å². The Kier molecular flexibility index (Phi) is 6.07. The highest BCUT2D eigenvalue weighted by Crippen LogP contribution is 2.52. The van der Waals surface area contributed by atoms with Crippen molar-refractivity contribution in [1.82, 2.24) is 9.80 Å². The molecule has 4 saturated heterocycles. The van der Waals surface area contributed by atoms with Gasteiger partial charge in [0.15, 0.2) is 0 Å². The minimum Gasteiger partial charge on any atom is -0.419 e. The van der Waals surface area contributed by atoms with Crippen LogP contribution < -0.4 is 11.5 Å². The fourth-order valence-electron chi connectivity index (χ4n) is 5.20. The number of rotatable bonds is 5. The summed E-state index contributed by atoms with van der Waals surface area (Å²) in [5.74, 6) is -2.16. The number of fused-ring (bicyclic) bond motifs is 2. The average Bonchev–Trinajstić information content (AvgIpc) is 3.23. The van der Waals surface area contributed by atoms with E-state index in [0.717, 1.165) is 0 Å². The third kappa shape index (κ3) is 3.72. The zero-order valence-electron chi connectivity index (χ0n) is 20.0. The lowest BCUT2D eigenvalue weighted by Crippen LogP contribution is -2.69. The minimum atomic E-state index is -1.49. The van der Waals surface area contributed by atoms with Crippen LogP contribution in [0.15, 0.2) is 24.3 Å². The third-order valence-electron chi connectivity index (χ3n) is 7.02. The molecule has 4 heterocycles. The van der Waals surface area contributed by atoms with Gasteiger partial charge in [0.1, 0.15) is 34.9 Å². The number of esters is 2. The third-order valence-corrected chi connectivity index (χ3v) is 10.5. The molecular formula is C23H27ClN4O6S2. The summed E-state index contributed by atoms with van der Waals surface area (Å²) in [4.78, 5) is 54.6. The number of thioether (sulfide) groups is 2. The number of nitrogens with zero attached hydrogens (tertiary/aromatic N) is 2. The summed E-state index contributed by atoms with van der Waals surface area (Å²) in [5, 5.41) is -0.439. The molecule has 0 aromatic heterocycles. The van der Waals surface area contributed by atoms with Gasteiger partial charge in [-0.25, -0.2) is 9.59 Å². The zero-order valence-corrected chi connectivity index (χ0v) is 22.4. The topological polar surface area (TPSA) is 145 Å². The Balaban J connectivity index is 1.41. The van der Waals surface area contributed by atoms with Crippen LogP contribution in [0, 0.1) is 0 Å². The maximum Gasteiger partial charge on any atom is 0.333 e. The summed E-state index contributed by atoms with van der Waals surface area (Å²) >= 11 is 9.22. The van der Waals surface area contributed by atoms with Crippen LogP contribution in [0.5, 0.6) is 0 Å². The number of nitrogens with two attached hydrogens (primary N) is 2. The SMILES string of the molecule is CC1(C)S[C@@H]2C(N)C(=O)N2[C@H]1C(=O)OC(OC(=O)[C@@H]1N2C(=O)C(N)[C@H]2SC1(C)C)c1ccccc1Cl. The van der Waals surface area contributed by atoms with Crippen molar-refractivity contribution >= 4 is 58.9 Å². The first kappa shape index (κ1) is 25.7. The first-order valence-electron chi connectivity index (χ1n) is 11.4. The van der Waals surface area contributed by atoms with E-state index in [1.807, 2.05) is 27.7 Å². The van der Waals surface area contributed by atoms with E-state index < -0.39 is 51.9 Å². The Labute approximate surface area is 221 Å². The molecule has 4 fully saturated rings. The molecule has 4 aliphatic rings. The normalized spacial score (nSPS) is 34.3. The molecule has 5 rings (SSSR count). The summed E-state index contributed by atoms with van der Waals surface area (Å²) in [7, 11) is 0. The largest absolute Gasteiger partial charge is 0.419 e. The van der Waals surface area contributed by atoms with E-state index in [1.54, 1.807) is 24.3 Å². The monoisotopic (exact) mass is 554 g/mol. The first-order valence-corrected chi connectivity index (χ1v) is 13.6. The number of benzene rings is 1. The molecule has 194 valence electrons. The van der Waals surface area contributed by atoms with E-state index in [4.69, 9.17) is 32.5 Å². The van der Waals surface area contributed by atoms with Gasteiger partial charge in [-0.1, -0.05) is 29.8 Å². The van der Waals surface area contributed by atoms with Gasteiger partial charge in [-0.05, 0) is 33.8 Å². The molecule has 1 aromatic rings. The molecule has 0 aliphatic carbocycles. The number of halogens is 1. The summed E-state index contributed by atoms with van der Waals surface area (Å²) in [6.07, 6.45) is -1.49. The van der Waals surface area contributed by atoms with E-state index in [0.29, 0.717) is 0 Å². The van der Waals surface area contributed by atoms with Gasteiger partial charge in [-0.2, -0.15) is 0 Å². The molecule has 0 saturated carbocycles. The number of ether oxygens (including phenoxy) is 2. The fraction of sp³-hybridized carbons (Fsp3) is 0.565. The maximum atomic E-state index is 13.5. The average molecular weight is 555 g/mol. The number of amides is 2. The lowest BCUT2D eigenvalue weighted by Gasteiger charge is -2.42. The predicted molar refractivity (Wildman–Crippen MR) is 135 cm³/mol. The molecular weight excluding hydrogens is 528 g/mol. The smallest absolute Gasteiger partial charge is 0.333 e. The number of hydrogen-bond donors (Lipinski definition) is 2. The number of β-lactam (4-membered cyclic amide) rings is 2. The number of hydrogen-bond acceptors (Lipinski definition) is 10. The van der Waals surface area contributed by atoms with Crippen LogP contribution in [-0.2, 0) is 28.7 Å². The Morgan fingerprint density at radius 3 is 1.72 bits per heavy atom. The molecule has 13 heteroatoms. The Morgan fingerprint density at radius 2 is 1.31 bits per heavy atom. The Morgan fingerprint density at radius 1 is 0.889 bits per heavy atom. The van der Waals surface area contributed by atoms with Crippen LogP contribution in [-0.4, -0.2) is 78.0 Å². The standard InChI is InChI=1S/C23H27ClN4O6S2/c1-22(2)13(27-15(29)11(25)17(27)35-22)19(31)33-21(9-7-5-6-8-10(9)24)34-20(32)14-23(3,4)36-18-12(26)16(30)28(14)18/h5-8,11-14,17-18,21H,25-26H2,1-4H3/t11?,12?,13-,14-,17+,18+,21?/m0/s1. The molecule has 36 heavy (non-hydrogen) atoms. The van der Waals surface area contributed by atoms with Crippen molar-refractivity contribution in [3.8, 4) is 0 Å². The second-order valence-corrected chi connectivity index (χ2v) is 14.2. The highest BCUT2D eigenvalue weighted by Gasteiger charge is 2.65. The minimum absolute atomic E-state index is 0.225. The fourth-order valence-corrected chi connectivity index (χ4v) is 8.55. The molecule has 6 atom stereocenters. The molecule has 1 aromatic carbocycles. The van der Waals surface area contributed by atoms with Gasteiger partial charge in [0.05, 0.1) is 10.6 Å². The Hall–Kier alpha value is -1.99. The van der Waals surface area contributed by atoms with Crippen molar-refractivity contribution in [2.75, 3.05) is 0 Å². The van der Waals surface area contributed by atoms with Gasteiger partial charge >= 0.3 is 11.9 Å². The van der Waals surface area contributed by atoms with Crippen LogP contribution in [0.2, 0.25) is 5.02 Å². The molecule has 0 radical (unpaired) electrons. The first-order chi connectivity index (χ1) is 16.8. The van der Waals surface area contributed by atoms with Crippen LogP contribution in [0.25, 0.3) is 0 Å². The maximum absolute atomic E-state index is 13.5. The van der Waals surface area contributed by atoms with E-state index >= 15 is 0 Å². The van der Waals surface area contributed by atoms with Gasteiger partial charge in [0.25, 0.3) is 6.29 Å². The van der Waals surface area contributed by atoms with Crippen molar-refractivity contribution in [2.45, 2.75) is 78.4 Å². The van der Waals surface area contributed by atoms with Crippen LogP contribution in [0.3, 0.4) is 0 Å². The second kappa shape index (κ2) is 8.52. The van der Waals surface area contributed by atoms with Crippen molar-refractivity contribution in [3.63, 3.8) is 0 Å². The van der Waals surface area contributed by atoms with Gasteiger partial charge in [0, 0.05) is 9.49 Å². The predicted octanol–water partition coefficient (Wildman–Crippen LogP) is 1.20. The lowest BCUT2D eigenvalue weighted by molar-refractivity contribution is -0.201. The highest BCUT2D eigenvalue weighted by atomic mass is 35.5. The lowest BCUT2D eigenvalue weighted by atomic mass is 9.96. The van der Waals surface area contributed by atoms with Gasteiger partial charge in [-0.3, -0.25) is 9.59 Å². The summed E-state index contributed by atoms with van der Waals surface area (Å²) in [6, 6.07) is 3.30. The van der Waals surface area contributed by atoms with E-state index in [-0.39, 0.29) is 33.1 Å². The molecule has 10 nitrogen and oxygen atoms in total. The molecule has 4 aliphatic heterocycles. The Bertz CT molecular complexity index is 1100. The molecule has 0 spiro atoms. The quantitative estimate of drug-likeness (QED) is 0.309. The van der Waals surface area contributed by atoms with Gasteiger partial charge in [-0.15, -0.1) is 23.5 Å². The molecule has 2 amide bonds. The van der Waals surface area contributed by atoms with Crippen LogP contribution >= 0.6 is 35.1 Å². The van der Waals surface area contributed by atoms with Crippen molar-refractivity contribution in [2.24, 2.45) is 11.5 Å². The van der Waals surface area contributed by atoms with E-state index in [9.17, 15) is 19.2 Å². The van der Waals surface area contributed by atoms with Crippen LogP contribution in [0.4, 0.5) is 0 Å². The summed E-state index contributed by atoms with van der Waals surface area (Å²) in [6.45, 7) is 7.32. The summed E-state index contributed by atoms with van der Waals surface area (Å²) in [5.41, 5.74) is 12.1. The molecule has 2 unspecified atom stereocenters. The molecule has 4 N–H and O–H groups in total. The zero-order chi connectivity index (χ0) is 26.3. The highest BCUT2D eigenvalue weighted by molar-refractivity contribution is 8.02. The number of carbonyl (C=O) groups excluding carboxylic acids is 4.